The monoisotopic (exact) mass is 1140 g/mol. The molecular weight excluding hydrogens is 1030 g/mol. The van der Waals surface area contributed by atoms with Gasteiger partial charge in [0.05, 0.1) is 18.3 Å². The summed E-state index contributed by atoms with van der Waals surface area (Å²) < 4.78 is 59.9. The van der Waals surface area contributed by atoms with Crippen molar-refractivity contribution in [1.29, 1.82) is 0 Å². The van der Waals surface area contributed by atoms with Crippen molar-refractivity contribution in [2.45, 2.75) is 278 Å². The third-order valence-corrected chi connectivity index (χ3v) is 34.7. The van der Waals surface area contributed by atoms with Crippen LogP contribution in [0.3, 0.4) is 0 Å². The first-order chi connectivity index (χ1) is 35.3. The minimum Gasteiger partial charge on any atom is -0.542 e. The number of aliphatic hydroxyl groups excluding tert-OH is 1. The Morgan fingerprint density at radius 3 is 1.77 bits per heavy atom. The molecule has 3 rings (SSSR count). The molecule has 1 unspecified atom stereocenters. The van der Waals surface area contributed by atoms with E-state index in [2.05, 4.69) is 136 Å². The summed E-state index contributed by atoms with van der Waals surface area (Å²) >= 11 is 0. The lowest BCUT2D eigenvalue weighted by molar-refractivity contribution is -0.216. The van der Waals surface area contributed by atoms with Crippen LogP contribution in [-0.2, 0) is 53.3 Å². The molecule has 1 aromatic carbocycles. The van der Waals surface area contributed by atoms with E-state index in [0.29, 0.717) is 41.0 Å². The quantitative estimate of drug-likeness (QED) is 0.0367. The number of methoxy groups -OCH3 is 2. The summed E-state index contributed by atoms with van der Waals surface area (Å²) in [6.45, 7) is 49.6. The van der Waals surface area contributed by atoms with E-state index in [1.54, 1.807) is 20.3 Å². The summed E-state index contributed by atoms with van der Waals surface area (Å²) in [5.74, 6) is -2.04. The van der Waals surface area contributed by atoms with Crippen molar-refractivity contribution < 1.29 is 66.0 Å². The van der Waals surface area contributed by atoms with E-state index >= 15 is 4.79 Å². The zero-order chi connectivity index (χ0) is 59.2. The number of rotatable bonds is 27. The summed E-state index contributed by atoms with van der Waals surface area (Å²) in [6.07, 6.45) is -4.91. The number of nitrogens with one attached hydrogen (secondary N) is 1. The number of carbonyl (C=O) groups is 4. The molecule has 0 aliphatic carbocycles. The molecule has 0 spiro atoms. The number of esters is 3. The van der Waals surface area contributed by atoms with E-state index in [1.807, 2.05) is 20.8 Å². The average Bonchev–Trinajstić information content (AvgIpc) is 3.29. The Balaban J connectivity index is 2.22. The summed E-state index contributed by atoms with van der Waals surface area (Å²) in [7, 11) is -4.66. The molecule has 0 bridgehead atoms. The largest absolute Gasteiger partial charge is 0.542 e. The lowest BCUT2D eigenvalue weighted by Gasteiger charge is -2.53. The molecule has 10 atom stereocenters. The molecule has 0 radical (unpaired) electrons. The molecule has 2 aliphatic rings. The van der Waals surface area contributed by atoms with Gasteiger partial charge in [-0.1, -0.05) is 132 Å². The molecule has 1 amide bonds. The number of cyclic esters (lactones) is 1. The Hall–Kier alpha value is -2.69. The van der Waals surface area contributed by atoms with Gasteiger partial charge in [-0.05, 0) is 81.8 Å². The molecule has 18 heteroatoms. The van der Waals surface area contributed by atoms with Crippen molar-refractivity contribution in [3.63, 3.8) is 0 Å². The summed E-state index contributed by atoms with van der Waals surface area (Å²) in [6, 6.07) is 1.67. The van der Waals surface area contributed by atoms with Gasteiger partial charge in [-0.15, -0.1) is 0 Å². The predicted molar refractivity (Wildman–Crippen MR) is 312 cm³/mol. The molecule has 1 aromatic rings. The zero-order valence-corrected chi connectivity index (χ0v) is 55.6. The van der Waals surface area contributed by atoms with Gasteiger partial charge in [-0.3, -0.25) is 14.4 Å². The molecule has 1 saturated heterocycles. The van der Waals surface area contributed by atoms with Crippen molar-refractivity contribution in [3.05, 3.63) is 22.8 Å². The highest BCUT2D eigenvalue weighted by Gasteiger charge is 2.55. The second kappa shape index (κ2) is 27.4. The van der Waals surface area contributed by atoms with Crippen LogP contribution in [0.4, 0.5) is 0 Å². The van der Waals surface area contributed by atoms with E-state index < -0.39 is 109 Å². The fraction of sp³-hybridized carbons (Fsp3) is 0.831. The van der Waals surface area contributed by atoms with E-state index in [-0.39, 0.29) is 63.7 Å². The summed E-state index contributed by atoms with van der Waals surface area (Å²) in [5, 5.41) is 13.2. The first kappa shape index (κ1) is 68.6. The Kier molecular flexibility index (Phi) is 24.4. The van der Waals surface area contributed by atoms with Gasteiger partial charge < -0.3 is 52.1 Å². The van der Waals surface area contributed by atoms with Crippen LogP contribution in [0.15, 0.2) is 6.07 Å². The summed E-state index contributed by atoms with van der Waals surface area (Å²) in [4.78, 5) is 55.6. The fourth-order valence-corrected chi connectivity index (χ4v) is 24.9. The number of amides is 1. The van der Waals surface area contributed by atoms with Crippen molar-refractivity contribution in [1.82, 2.24) is 5.32 Å². The molecule has 0 aromatic heterocycles. The van der Waals surface area contributed by atoms with Crippen molar-refractivity contribution in [2.24, 2.45) is 17.3 Å². The van der Waals surface area contributed by atoms with E-state index in [9.17, 15) is 19.5 Å². The Morgan fingerprint density at radius 2 is 1.32 bits per heavy atom. The van der Waals surface area contributed by atoms with Gasteiger partial charge in [0.25, 0.3) is 14.2 Å². The first-order valence-electron chi connectivity index (χ1n) is 28.7. The van der Waals surface area contributed by atoms with E-state index in [0.717, 1.165) is 0 Å². The highest BCUT2D eigenvalue weighted by atomic mass is 28.4. The number of carbonyl (C=O) groups excluding carboxylic acids is 4. The maximum Gasteiger partial charge on any atom is 0.342 e. The van der Waals surface area contributed by atoms with Crippen molar-refractivity contribution >= 4 is 48.8 Å². The molecule has 15 nitrogen and oxygen atoms in total. The number of fused-ring (bicyclic) bond motifs is 1. The third kappa shape index (κ3) is 15.5. The molecular formula is C59H107NO14Si3. The van der Waals surface area contributed by atoms with Crippen LogP contribution in [0.1, 0.15) is 186 Å². The second-order valence-corrected chi connectivity index (χ2v) is 42.2. The SMILES string of the molecule is CO[C@@H](CC(C)CO)[C@H](O[Si](C(C)C)(C(C)C)C(C)C)C(=O)N[C@@H](OC)[C@@H]1C[C@@H](O[Si](C)(C)C(C)(C)C)C(C)(C)[C@@H](C[C@H](OC(C)=O)[C@H](C)[C@H]2Cc3c(C)c(OC(C)=O)cc(O[Si](C(C)C)(C(C)C)C(C)C)c3C(=O)O2)O1. The maximum atomic E-state index is 15.1. The predicted octanol–water partition coefficient (Wildman–Crippen LogP) is 12.8. The number of hydrogen-bond acceptors (Lipinski definition) is 14. The molecule has 2 N–H and O–H groups in total. The lowest BCUT2D eigenvalue weighted by Crippen LogP contribution is -2.63. The van der Waals surface area contributed by atoms with Gasteiger partial charge in [-0.2, -0.15) is 0 Å². The normalized spacial score (nSPS) is 21.9. The highest BCUT2D eigenvalue weighted by molar-refractivity contribution is 6.78. The van der Waals surface area contributed by atoms with Crippen LogP contribution in [0.5, 0.6) is 11.5 Å². The number of ether oxygens (including phenoxy) is 6. The van der Waals surface area contributed by atoms with Gasteiger partial charge in [0.2, 0.25) is 8.32 Å². The van der Waals surface area contributed by atoms with Gasteiger partial charge in [0.1, 0.15) is 35.4 Å². The van der Waals surface area contributed by atoms with Gasteiger partial charge in [0, 0.05) is 71.3 Å². The number of benzene rings is 1. The van der Waals surface area contributed by atoms with Crippen molar-refractivity contribution in [3.8, 4) is 11.5 Å². The van der Waals surface area contributed by atoms with E-state index in [1.165, 1.54) is 13.8 Å². The minimum absolute atomic E-state index is 0.0775. The zero-order valence-electron chi connectivity index (χ0n) is 52.6. The fourth-order valence-electron chi connectivity index (χ4n) is 12.6. The molecule has 444 valence electrons. The van der Waals surface area contributed by atoms with Crippen LogP contribution in [0.25, 0.3) is 0 Å². The highest BCUT2D eigenvalue weighted by Crippen LogP contribution is 2.50. The Bertz CT molecular complexity index is 2090. The average molecular weight is 1140 g/mol. The second-order valence-electron chi connectivity index (χ2n) is 26.7. The third-order valence-electron chi connectivity index (χ3n) is 18.1. The molecule has 0 saturated carbocycles. The first-order valence-corrected chi connectivity index (χ1v) is 35.9. The molecule has 2 aliphatic heterocycles. The topological polar surface area (TPSA) is 184 Å². The van der Waals surface area contributed by atoms with Crippen LogP contribution < -0.4 is 14.5 Å². The van der Waals surface area contributed by atoms with Gasteiger partial charge >= 0.3 is 17.9 Å². The summed E-state index contributed by atoms with van der Waals surface area (Å²) in [5.41, 5.74) is 1.98. The minimum atomic E-state index is -2.69. The lowest BCUT2D eigenvalue weighted by atomic mass is 9.72. The Morgan fingerprint density at radius 1 is 0.792 bits per heavy atom. The van der Waals surface area contributed by atoms with Crippen LogP contribution in [-0.4, -0.2) is 124 Å². The number of hydrogen-bond donors (Lipinski definition) is 2. The van der Waals surface area contributed by atoms with Crippen molar-refractivity contribution in [2.75, 3.05) is 20.8 Å². The maximum absolute atomic E-state index is 15.1. The van der Waals surface area contributed by atoms with Gasteiger partial charge in [-0.25, -0.2) is 4.79 Å². The number of aliphatic hydroxyl groups is 1. The van der Waals surface area contributed by atoms with Gasteiger partial charge in [0.15, 0.2) is 20.6 Å². The van der Waals surface area contributed by atoms with Crippen LogP contribution in [0, 0.1) is 24.2 Å². The standard InChI is InChI=1S/C59H107NO14Si3/c1-33(2)76(34(3)4,35(5)6)72-48-29-46(68-42(16)62)40(14)44-28-45(71-57(65)53(44)48)41(15)47(69-43(17)63)30-51-59(21,22)52(73-75(25,26)58(18,19)20)31-50(70-51)56(67-24)60-55(64)54(49(66-23)27-39(13)32-61)74-77(36(7)8,37(9)10)38(11)12/h29,33-39,41,45,47,49-52,54,56,61H,27-28,30-32H2,1-26H3,(H,60,64)/t39?,41-,45-,47+,49+,50+,51-,52-,54+,56+/m1/s1. The smallest absolute Gasteiger partial charge is 0.342 e. The molecule has 77 heavy (non-hydrogen) atoms. The van der Waals surface area contributed by atoms with E-state index in [4.69, 9.17) is 41.7 Å². The van der Waals surface area contributed by atoms with Crippen LogP contribution in [0.2, 0.25) is 51.4 Å². The molecule has 1 fully saturated rings. The van der Waals surface area contributed by atoms with Crippen LogP contribution >= 0.6 is 0 Å². The Labute approximate surface area is 468 Å². The molecule has 2 heterocycles.